The van der Waals surface area contributed by atoms with Crippen molar-refractivity contribution >= 4 is 39.3 Å². The Morgan fingerprint density at radius 2 is 1.59 bits per heavy atom. The van der Waals surface area contributed by atoms with Gasteiger partial charge in [-0.1, -0.05) is 29.8 Å². The smallest absolute Gasteiger partial charge is 0.249 e. The monoisotopic (exact) mass is 460 g/mol. The lowest BCUT2D eigenvalue weighted by atomic mass is 10.2. The van der Waals surface area contributed by atoms with Gasteiger partial charge in [0.2, 0.25) is 15.9 Å². The summed E-state index contributed by atoms with van der Waals surface area (Å²) in [6.07, 6.45) is 0. The van der Waals surface area contributed by atoms with Crippen LogP contribution in [-0.4, -0.2) is 55.5 Å². The Morgan fingerprint density at radius 3 is 2.17 bits per heavy atom. The molecule has 3 rings (SSSR count). The summed E-state index contributed by atoms with van der Waals surface area (Å²) >= 11 is 7.30. The van der Waals surface area contributed by atoms with E-state index in [1.165, 1.54) is 11.8 Å². The van der Waals surface area contributed by atoms with E-state index in [9.17, 15) is 22.0 Å². The first kappa shape index (κ1) is 22.0. The Labute approximate surface area is 177 Å². The number of nitrogens with zero attached hydrogens (tertiary/aromatic N) is 2. The lowest BCUT2D eigenvalue weighted by molar-refractivity contribution is -0.129. The largest absolute Gasteiger partial charge is 0.339 e. The molecule has 1 aliphatic heterocycles. The zero-order chi connectivity index (χ0) is 21.0. The van der Waals surface area contributed by atoms with Gasteiger partial charge >= 0.3 is 0 Å². The summed E-state index contributed by atoms with van der Waals surface area (Å²) in [5.41, 5.74) is 1.05. The van der Waals surface area contributed by atoms with Gasteiger partial charge in [0.25, 0.3) is 0 Å². The molecule has 0 N–H and O–H groups in total. The number of benzene rings is 2. The molecular weight excluding hydrogens is 442 g/mol. The van der Waals surface area contributed by atoms with Gasteiger partial charge in [-0.25, -0.2) is 17.2 Å². The number of sulfonamides is 1. The maximum atomic E-state index is 13.9. The average molecular weight is 461 g/mol. The van der Waals surface area contributed by atoms with E-state index in [0.717, 1.165) is 28.1 Å². The van der Waals surface area contributed by atoms with Gasteiger partial charge in [-0.3, -0.25) is 4.79 Å². The van der Waals surface area contributed by atoms with E-state index >= 15 is 0 Å². The van der Waals surface area contributed by atoms with E-state index < -0.39 is 26.6 Å². The van der Waals surface area contributed by atoms with Crippen LogP contribution in [0.3, 0.4) is 0 Å². The molecule has 1 aliphatic rings. The SMILES string of the molecule is O=C(CSCc1ccc(Cl)cc1)N1CCN(S(=O)(=O)c2c(F)cccc2F)CC1. The molecule has 1 fully saturated rings. The van der Waals surface area contributed by atoms with Crippen LogP contribution < -0.4 is 0 Å². The van der Waals surface area contributed by atoms with Gasteiger partial charge in [-0.15, -0.1) is 11.8 Å². The third kappa shape index (κ3) is 5.28. The highest BCUT2D eigenvalue weighted by Gasteiger charge is 2.33. The van der Waals surface area contributed by atoms with Crippen LogP contribution in [0, 0.1) is 11.6 Å². The number of hydrogen-bond donors (Lipinski definition) is 0. The lowest BCUT2D eigenvalue weighted by Crippen LogP contribution is -2.51. The van der Waals surface area contributed by atoms with Crippen LogP contribution in [0.2, 0.25) is 5.02 Å². The lowest BCUT2D eigenvalue weighted by Gasteiger charge is -2.34. The van der Waals surface area contributed by atoms with Crippen LogP contribution in [0.1, 0.15) is 5.56 Å². The topological polar surface area (TPSA) is 57.7 Å². The second-order valence-electron chi connectivity index (χ2n) is 6.45. The van der Waals surface area contributed by atoms with Crippen LogP contribution >= 0.6 is 23.4 Å². The van der Waals surface area contributed by atoms with E-state index in [4.69, 9.17) is 11.6 Å². The molecule has 0 aromatic heterocycles. The van der Waals surface area contributed by atoms with E-state index in [1.54, 1.807) is 17.0 Å². The van der Waals surface area contributed by atoms with E-state index in [2.05, 4.69) is 0 Å². The molecule has 2 aromatic carbocycles. The molecule has 2 aromatic rings. The number of hydrogen-bond acceptors (Lipinski definition) is 4. The number of piperazine rings is 1. The first-order chi connectivity index (χ1) is 13.8. The van der Waals surface area contributed by atoms with Crippen LogP contribution in [0.5, 0.6) is 0 Å². The molecule has 10 heteroatoms. The maximum absolute atomic E-state index is 13.9. The first-order valence-corrected chi connectivity index (χ1v) is 11.8. The van der Waals surface area contributed by atoms with Crippen molar-refractivity contribution in [2.24, 2.45) is 0 Å². The van der Waals surface area contributed by atoms with Gasteiger partial charge in [0.15, 0.2) is 4.90 Å². The zero-order valence-electron chi connectivity index (χ0n) is 15.4. The van der Waals surface area contributed by atoms with Crippen molar-refractivity contribution < 1.29 is 22.0 Å². The molecule has 156 valence electrons. The Bertz CT molecular complexity index is 959. The molecule has 0 spiro atoms. The van der Waals surface area contributed by atoms with Crippen molar-refractivity contribution in [1.29, 1.82) is 0 Å². The molecule has 5 nitrogen and oxygen atoms in total. The van der Waals surface area contributed by atoms with Crippen molar-refractivity contribution in [3.05, 3.63) is 64.7 Å². The third-order valence-electron chi connectivity index (χ3n) is 4.52. The minimum atomic E-state index is -4.30. The van der Waals surface area contributed by atoms with Crippen molar-refractivity contribution in [3.63, 3.8) is 0 Å². The fourth-order valence-electron chi connectivity index (χ4n) is 2.96. The van der Waals surface area contributed by atoms with Crippen molar-refractivity contribution in [2.45, 2.75) is 10.6 Å². The highest BCUT2D eigenvalue weighted by Crippen LogP contribution is 2.24. The van der Waals surface area contributed by atoms with E-state index in [1.807, 2.05) is 12.1 Å². The van der Waals surface area contributed by atoms with Crippen molar-refractivity contribution in [2.75, 3.05) is 31.9 Å². The van der Waals surface area contributed by atoms with Gasteiger partial charge in [0.1, 0.15) is 11.6 Å². The van der Waals surface area contributed by atoms with Crippen molar-refractivity contribution in [1.82, 2.24) is 9.21 Å². The molecule has 0 unspecified atom stereocenters. The average Bonchev–Trinajstić information content (AvgIpc) is 2.69. The number of halogens is 3. The van der Waals surface area contributed by atoms with Gasteiger partial charge in [-0.05, 0) is 29.8 Å². The van der Waals surface area contributed by atoms with Crippen LogP contribution in [0.25, 0.3) is 0 Å². The Hall–Kier alpha value is -1.68. The predicted octanol–water partition coefficient (Wildman–Crippen LogP) is 3.38. The normalized spacial score (nSPS) is 15.5. The molecule has 1 heterocycles. The van der Waals surface area contributed by atoms with Crippen molar-refractivity contribution in [3.8, 4) is 0 Å². The predicted molar refractivity (Wildman–Crippen MR) is 109 cm³/mol. The Morgan fingerprint density at radius 1 is 1.00 bits per heavy atom. The Kier molecular flexibility index (Phi) is 7.15. The van der Waals surface area contributed by atoms with E-state index in [0.29, 0.717) is 10.8 Å². The van der Waals surface area contributed by atoms with Gasteiger partial charge in [-0.2, -0.15) is 4.31 Å². The molecule has 1 amide bonds. The second-order valence-corrected chi connectivity index (χ2v) is 9.75. The zero-order valence-corrected chi connectivity index (χ0v) is 17.7. The molecule has 0 atom stereocenters. The van der Waals surface area contributed by atoms with Crippen LogP contribution in [-0.2, 0) is 20.6 Å². The summed E-state index contributed by atoms with van der Waals surface area (Å²) in [6.45, 7) is 0.332. The summed E-state index contributed by atoms with van der Waals surface area (Å²) in [7, 11) is -4.30. The summed E-state index contributed by atoms with van der Waals surface area (Å²) in [4.78, 5) is 13.0. The second kappa shape index (κ2) is 9.42. The molecular formula is C19H19ClF2N2O3S2. The number of carbonyl (C=O) groups is 1. The molecule has 0 radical (unpaired) electrons. The maximum Gasteiger partial charge on any atom is 0.249 e. The minimum absolute atomic E-state index is 0.0102. The molecule has 0 bridgehead atoms. The highest BCUT2D eigenvalue weighted by atomic mass is 35.5. The minimum Gasteiger partial charge on any atom is -0.339 e. The summed E-state index contributed by atoms with van der Waals surface area (Å²) in [6, 6.07) is 10.3. The molecule has 0 saturated carbocycles. The highest BCUT2D eigenvalue weighted by molar-refractivity contribution is 7.99. The number of amides is 1. The number of rotatable bonds is 6. The van der Waals surface area contributed by atoms with Gasteiger partial charge in [0.05, 0.1) is 5.75 Å². The van der Waals surface area contributed by atoms with Crippen LogP contribution in [0.15, 0.2) is 47.4 Å². The molecule has 29 heavy (non-hydrogen) atoms. The number of carbonyl (C=O) groups excluding carboxylic acids is 1. The van der Waals surface area contributed by atoms with E-state index in [-0.39, 0.29) is 37.8 Å². The summed E-state index contributed by atoms with van der Waals surface area (Å²) in [5.74, 6) is -1.43. The summed E-state index contributed by atoms with van der Waals surface area (Å²) in [5, 5.41) is 0.651. The first-order valence-electron chi connectivity index (χ1n) is 8.83. The standard InChI is InChI=1S/C19H19ClF2N2O3S2/c20-15-6-4-14(5-7-15)12-28-13-18(25)23-8-10-24(11-9-23)29(26,27)19-16(21)2-1-3-17(19)22/h1-7H,8-13H2. The quantitative estimate of drug-likeness (QED) is 0.663. The molecule has 1 saturated heterocycles. The van der Waals surface area contributed by atoms with Crippen LogP contribution in [0.4, 0.5) is 8.78 Å². The fraction of sp³-hybridized carbons (Fsp3) is 0.316. The number of thioether (sulfide) groups is 1. The van der Waals surface area contributed by atoms with Gasteiger partial charge < -0.3 is 4.90 Å². The summed E-state index contributed by atoms with van der Waals surface area (Å²) < 4.78 is 54.0. The third-order valence-corrected chi connectivity index (χ3v) is 7.71. The molecule has 0 aliphatic carbocycles. The fourth-order valence-corrected chi connectivity index (χ4v) is 5.51. The Balaban J connectivity index is 1.53. The van der Waals surface area contributed by atoms with Gasteiger partial charge in [0, 0.05) is 37.0 Å².